The maximum absolute atomic E-state index is 12.1. The Balaban J connectivity index is 2.61. The molecule has 0 saturated heterocycles. The Labute approximate surface area is 119 Å². The van der Waals surface area contributed by atoms with Crippen molar-refractivity contribution in [1.82, 2.24) is 5.32 Å². The smallest absolute Gasteiger partial charge is 0.308 e. The van der Waals surface area contributed by atoms with Gasteiger partial charge in [-0.25, -0.2) is 0 Å². The lowest BCUT2D eigenvalue weighted by atomic mass is 10.0. The highest BCUT2D eigenvalue weighted by Crippen LogP contribution is 2.09. The Bertz CT molecular complexity index is 454. The molecule has 0 fully saturated rings. The van der Waals surface area contributed by atoms with E-state index in [0.29, 0.717) is 5.56 Å². The van der Waals surface area contributed by atoms with Gasteiger partial charge in [0.2, 0.25) is 0 Å². The molecule has 0 spiro atoms. The summed E-state index contributed by atoms with van der Waals surface area (Å²) in [6.45, 7) is 7.59. The van der Waals surface area contributed by atoms with Crippen LogP contribution in [0.1, 0.15) is 30.6 Å². The minimum Gasteiger partial charge on any atom is -0.461 e. The van der Waals surface area contributed by atoms with E-state index in [1.54, 1.807) is 24.3 Å². The van der Waals surface area contributed by atoms with Crippen molar-refractivity contribution < 1.29 is 14.3 Å². The second-order valence-electron chi connectivity index (χ2n) is 4.87. The first-order valence-electron chi connectivity index (χ1n) is 6.67. The van der Waals surface area contributed by atoms with Crippen LogP contribution in [0.25, 0.3) is 0 Å². The summed E-state index contributed by atoms with van der Waals surface area (Å²) >= 11 is 0. The minimum absolute atomic E-state index is 0.138. The molecule has 0 aliphatic heterocycles. The lowest BCUT2D eigenvalue weighted by molar-refractivity contribution is -0.143. The van der Waals surface area contributed by atoms with E-state index in [9.17, 15) is 9.59 Å². The topological polar surface area (TPSA) is 55.4 Å². The molecule has 1 atom stereocenters. The van der Waals surface area contributed by atoms with E-state index >= 15 is 0 Å². The number of carbonyl (C=O) groups excluding carboxylic acids is 2. The first-order valence-corrected chi connectivity index (χ1v) is 6.67. The Morgan fingerprint density at radius 3 is 2.50 bits per heavy atom. The molecule has 0 unspecified atom stereocenters. The zero-order chi connectivity index (χ0) is 15.0. The highest BCUT2D eigenvalue weighted by Gasteiger charge is 2.21. The molecule has 1 N–H and O–H groups in total. The maximum atomic E-state index is 12.1. The number of ether oxygens (including phenoxy) is 1. The van der Waals surface area contributed by atoms with Crippen LogP contribution in [0.5, 0.6) is 0 Å². The van der Waals surface area contributed by atoms with E-state index in [1.807, 2.05) is 19.9 Å². The van der Waals surface area contributed by atoms with Crippen LogP contribution in [0.15, 0.2) is 43.0 Å². The number of esters is 1. The average Bonchev–Trinajstić information content (AvgIpc) is 2.45. The summed E-state index contributed by atoms with van der Waals surface area (Å²) in [6.07, 6.45) is 1.68. The third kappa shape index (κ3) is 5.26. The summed E-state index contributed by atoms with van der Waals surface area (Å²) < 4.78 is 4.95. The standard InChI is InChI=1S/C16H21NO3/c1-4-10-20-15(18)11-14(12(2)3)17-16(19)13-8-6-5-7-9-13/h4-9,12,14H,1,10-11H2,2-3H3,(H,17,19)/t14-/m1/s1. The number of hydrogen-bond acceptors (Lipinski definition) is 3. The maximum Gasteiger partial charge on any atom is 0.308 e. The second-order valence-corrected chi connectivity index (χ2v) is 4.87. The highest BCUT2D eigenvalue weighted by atomic mass is 16.5. The summed E-state index contributed by atoms with van der Waals surface area (Å²) in [6, 6.07) is 8.68. The van der Waals surface area contributed by atoms with Crippen LogP contribution in [0, 0.1) is 5.92 Å². The molecule has 108 valence electrons. The third-order valence-electron chi connectivity index (χ3n) is 2.91. The first kappa shape index (κ1) is 16.0. The molecule has 0 radical (unpaired) electrons. The quantitative estimate of drug-likeness (QED) is 0.614. The van der Waals surface area contributed by atoms with Crippen LogP contribution in [0.4, 0.5) is 0 Å². The van der Waals surface area contributed by atoms with E-state index in [2.05, 4.69) is 11.9 Å². The summed E-state index contributed by atoms with van der Waals surface area (Å²) in [5.41, 5.74) is 0.581. The highest BCUT2D eigenvalue weighted by molar-refractivity contribution is 5.94. The third-order valence-corrected chi connectivity index (χ3v) is 2.91. The molecule has 20 heavy (non-hydrogen) atoms. The van der Waals surface area contributed by atoms with E-state index in [0.717, 1.165) is 0 Å². The van der Waals surface area contributed by atoms with Crippen LogP contribution in [-0.4, -0.2) is 24.5 Å². The molecule has 0 aliphatic carbocycles. The van der Waals surface area contributed by atoms with E-state index in [1.165, 1.54) is 6.08 Å². The van der Waals surface area contributed by atoms with Gasteiger partial charge in [0.25, 0.3) is 5.91 Å². The molecule has 4 heteroatoms. The zero-order valence-electron chi connectivity index (χ0n) is 12.0. The van der Waals surface area contributed by atoms with Gasteiger partial charge in [0.1, 0.15) is 6.61 Å². The predicted octanol–water partition coefficient (Wildman–Crippen LogP) is 2.56. The molecule has 1 rings (SSSR count). The van der Waals surface area contributed by atoms with E-state index in [-0.39, 0.29) is 36.9 Å². The summed E-state index contributed by atoms with van der Waals surface area (Å²) in [5.74, 6) is -0.378. The fourth-order valence-corrected chi connectivity index (χ4v) is 1.69. The lowest BCUT2D eigenvalue weighted by Crippen LogP contribution is -2.40. The summed E-state index contributed by atoms with van der Waals surface area (Å²) in [5, 5.41) is 2.87. The summed E-state index contributed by atoms with van der Waals surface area (Å²) in [7, 11) is 0. The molecule has 0 aliphatic rings. The molecule has 1 aromatic carbocycles. The average molecular weight is 275 g/mol. The van der Waals surface area contributed by atoms with Crippen molar-refractivity contribution in [2.24, 2.45) is 5.92 Å². The Hall–Kier alpha value is -2.10. The van der Waals surface area contributed by atoms with Crippen LogP contribution in [0.3, 0.4) is 0 Å². The van der Waals surface area contributed by atoms with Gasteiger partial charge in [0.05, 0.1) is 6.42 Å². The van der Waals surface area contributed by atoms with Crippen LogP contribution in [0.2, 0.25) is 0 Å². The SMILES string of the molecule is C=CCOC(=O)C[C@@H](NC(=O)c1ccccc1)C(C)C. The van der Waals surface area contributed by atoms with Crippen LogP contribution in [-0.2, 0) is 9.53 Å². The van der Waals surface area contributed by atoms with Gasteiger partial charge in [-0.15, -0.1) is 0 Å². The number of carbonyl (C=O) groups is 2. The predicted molar refractivity (Wildman–Crippen MR) is 78.3 cm³/mol. The lowest BCUT2D eigenvalue weighted by Gasteiger charge is -2.21. The monoisotopic (exact) mass is 275 g/mol. The number of hydrogen-bond donors (Lipinski definition) is 1. The van der Waals surface area contributed by atoms with Crippen molar-refractivity contribution in [2.45, 2.75) is 26.3 Å². The fourth-order valence-electron chi connectivity index (χ4n) is 1.69. The van der Waals surface area contributed by atoms with E-state index < -0.39 is 0 Å². The normalized spacial score (nSPS) is 11.8. The number of nitrogens with one attached hydrogen (secondary N) is 1. The molecule has 0 aromatic heterocycles. The zero-order valence-corrected chi connectivity index (χ0v) is 12.0. The first-order chi connectivity index (χ1) is 9.54. The Morgan fingerprint density at radius 2 is 1.95 bits per heavy atom. The van der Waals surface area contributed by atoms with Crippen molar-refractivity contribution in [3.63, 3.8) is 0 Å². The summed E-state index contributed by atoms with van der Waals surface area (Å²) in [4.78, 5) is 23.7. The van der Waals surface area contributed by atoms with Crippen molar-refractivity contribution >= 4 is 11.9 Å². The van der Waals surface area contributed by atoms with Gasteiger partial charge in [-0.3, -0.25) is 9.59 Å². The largest absolute Gasteiger partial charge is 0.461 e. The van der Waals surface area contributed by atoms with Gasteiger partial charge in [-0.1, -0.05) is 44.7 Å². The second kappa shape index (κ2) is 8.15. The molecular weight excluding hydrogens is 254 g/mol. The molecule has 0 saturated carbocycles. The molecule has 4 nitrogen and oxygen atoms in total. The van der Waals surface area contributed by atoms with Gasteiger partial charge >= 0.3 is 5.97 Å². The minimum atomic E-state index is -0.336. The number of rotatable bonds is 7. The van der Waals surface area contributed by atoms with Crippen molar-refractivity contribution in [3.8, 4) is 0 Å². The molecule has 0 bridgehead atoms. The number of benzene rings is 1. The van der Waals surface area contributed by atoms with Crippen molar-refractivity contribution in [2.75, 3.05) is 6.61 Å². The van der Waals surface area contributed by atoms with Gasteiger partial charge in [0.15, 0.2) is 0 Å². The molecule has 0 heterocycles. The Morgan fingerprint density at radius 1 is 1.30 bits per heavy atom. The van der Waals surface area contributed by atoms with E-state index in [4.69, 9.17) is 4.74 Å². The fraction of sp³-hybridized carbons (Fsp3) is 0.375. The number of amides is 1. The molecule has 1 aromatic rings. The van der Waals surface area contributed by atoms with Crippen molar-refractivity contribution in [1.29, 1.82) is 0 Å². The van der Waals surface area contributed by atoms with Gasteiger partial charge in [-0.2, -0.15) is 0 Å². The molecule has 1 amide bonds. The van der Waals surface area contributed by atoms with Crippen molar-refractivity contribution in [3.05, 3.63) is 48.6 Å². The van der Waals surface area contributed by atoms with Gasteiger partial charge in [-0.05, 0) is 18.1 Å². The molecular formula is C16H21NO3. The van der Waals surface area contributed by atoms with Crippen LogP contribution >= 0.6 is 0 Å². The van der Waals surface area contributed by atoms with Gasteiger partial charge in [0, 0.05) is 11.6 Å². The Kier molecular flexibility index (Phi) is 6.50. The van der Waals surface area contributed by atoms with Gasteiger partial charge < -0.3 is 10.1 Å². The van der Waals surface area contributed by atoms with Crippen LogP contribution < -0.4 is 5.32 Å².